The second-order valence-corrected chi connectivity index (χ2v) is 3.42. The zero-order chi connectivity index (χ0) is 8.55. The molecule has 12 heavy (non-hydrogen) atoms. The molecule has 1 aromatic rings. The lowest BCUT2D eigenvalue weighted by Gasteiger charge is -2.07. The largest absolute Gasteiger partial charge is 0.384 e. The van der Waals surface area contributed by atoms with E-state index in [-0.39, 0.29) is 0 Å². The molecule has 1 aliphatic heterocycles. The summed E-state index contributed by atoms with van der Waals surface area (Å²) in [4.78, 5) is 0. The normalized spacial score (nSPS) is 20.3. The Balaban J connectivity index is 2.48. The first-order chi connectivity index (χ1) is 5.83. The predicted molar refractivity (Wildman–Crippen MR) is 51.7 cm³/mol. The Labute approximate surface area is 76.7 Å². The smallest absolute Gasteiger partial charge is 0.0462 e. The monoisotopic (exact) mass is 182 g/mol. The Morgan fingerprint density at radius 3 is 3.17 bits per heavy atom. The van der Waals surface area contributed by atoms with Gasteiger partial charge in [-0.1, -0.05) is 17.7 Å². The van der Waals surface area contributed by atoms with Crippen LogP contribution in [0.15, 0.2) is 18.2 Å². The number of nitrogens with one attached hydrogen (secondary N) is 1. The van der Waals surface area contributed by atoms with E-state index >= 15 is 0 Å². The molecule has 1 atom stereocenters. The molecule has 1 aromatic carbocycles. The Kier molecular flexibility index (Phi) is 1.95. The van der Waals surface area contributed by atoms with E-state index in [1.54, 1.807) is 0 Å². The molecule has 2 rings (SSSR count). The zero-order valence-electron chi connectivity index (χ0n) is 6.68. The molecular weight excluding hydrogens is 172 g/mol. The molecule has 1 heterocycles. The van der Waals surface area contributed by atoms with E-state index in [2.05, 4.69) is 5.32 Å². The summed E-state index contributed by atoms with van der Waals surface area (Å²) in [5, 5.41) is 4.10. The summed E-state index contributed by atoms with van der Waals surface area (Å²) in [5.74, 6) is 0.383. The highest BCUT2D eigenvalue weighted by Gasteiger charge is 2.22. The van der Waals surface area contributed by atoms with Crippen molar-refractivity contribution < 1.29 is 0 Å². The Morgan fingerprint density at radius 2 is 2.42 bits per heavy atom. The van der Waals surface area contributed by atoms with Gasteiger partial charge in [0, 0.05) is 29.7 Å². The third kappa shape index (κ3) is 1.08. The van der Waals surface area contributed by atoms with Crippen LogP contribution in [0.4, 0.5) is 5.69 Å². The standard InChI is InChI=1S/C9H11ClN2/c10-7-2-1-3-8-9(7)6(4-11)5-12-8/h1-3,6,12H,4-5,11H2. The Bertz CT molecular complexity index is 299. The maximum Gasteiger partial charge on any atom is 0.0462 e. The van der Waals surface area contributed by atoms with E-state index < -0.39 is 0 Å². The summed E-state index contributed by atoms with van der Waals surface area (Å²) in [6.45, 7) is 1.57. The quantitative estimate of drug-likeness (QED) is 0.695. The van der Waals surface area contributed by atoms with Crippen molar-refractivity contribution in [1.82, 2.24) is 0 Å². The van der Waals surface area contributed by atoms with Crippen molar-refractivity contribution in [2.75, 3.05) is 18.4 Å². The first-order valence-electron chi connectivity index (χ1n) is 4.05. The van der Waals surface area contributed by atoms with Crippen LogP contribution in [0.2, 0.25) is 5.02 Å². The van der Waals surface area contributed by atoms with Crippen LogP contribution in [-0.2, 0) is 0 Å². The van der Waals surface area contributed by atoms with Crippen LogP contribution in [0.5, 0.6) is 0 Å². The molecule has 1 unspecified atom stereocenters. The number of hydrogen-bond donors (Lipinski definition) is 2. The van der Waals surface area contributed by atoms with Gasteiger partial charge in [0.2, 0.25) is 0 Å². The minimum absolute atomic E-state index is 0.383. The lowest BCUT2D eigenvalue weighted by Crippen LogP contribution is -2.14. The van der Waals surface area contributed by atoms with Gasteiger partial charge >= 0.3 is 0 Å². The molecule has 0 spiro atoms. The van der Waals surface area contributed by atoms with Crippen LogP contribution in [0, 0.1) is 0 Å². The topological polar surface area (TPSA) is 38.0 Å². The van der Waals surface area contributed by atoms with Crippen LogP contribution < -0.4 is 11.1 Å². The third-order valence-electron chi connectivity index (χ3n) is 2.28. The average Bonchev–Trinajstić information content (AvgIpc) is 2.49. The molecule has 0 fully saturated rings. The summed E-state index contributed by atoms with van der Waals surface area (Å²) in [5.41, 5.74) is 7.94. The maximum absolute atomic E-state index is 6.05. The van der Waals surface area contributed by atoms with Crippen molar-refractivity contribution in [2.24, 2.45) is 5.73 Å². The minimum Gasteiger partial charge on any atom is -0.384 e. The molecule has 64 valence electrons. The number of benzene rings is 1. The van der Waals surface area contributed by atoms with E-state index in [1.165, 1.54) is 5.56 Å². The van der Waals surface area contributed by atoms with E-state index in [9.17, 15) is 0 Å². The van der Waals surface area contributed by atoms with Crippen molar-refractivity contribution in [3.05, 3.63) is 28.8 Å². The number of halogens is 1. The Hall–Kier alpha value is -0.730. The molecule has 0 saturated carbocycles. The molecule has 3 N–H and O–H groups in total. The molecule has 2 nitrogen and oxygen atoms in total. The van der Waals surface area contributed by atoms with E-state index in [1.807, 2.05) is 18.2 Å². The number of rotatable bonds is 1. The van der Waals surface area contributed by atoms with E-state index in [0.717, 1.165) is 17.3 Å². The van der Waals surface area contributed by atoms with Gasteiger partial charge in [0.05, 0.1) is 0 Å². The highest BCUT2D eigenvalue weighted by molar-refractivity contribution is 6.32. The number of hydrogen-bond acceptors (Lipinski definition) is 2. The molecule has 0 saturated heterocycles. The average molecular weight is 183 g/mol. The highest BCUT2D eigenvalue weighted by atomic mass is 35.5. The molecule has 0 radical (unpaired) electrons. The highest BCUT2D eigenvalue weighted by Crippen LogP contribution is 2.35. The van der Waals surface area contributed by atoms with Crippen LogP contribution in [-0.4, -0.2) is 13.1 Å². The SMILES string of the molecule is NCC1CNc2cccc(Cl)c21. The molecule has 0 amide bonds. The number of anilines is 1. The van der Waals surface area contributed by atoms with Gasteiger partial charge in [-0.15, -0.1) is 0 Å². The molecule has 0 bridgehead atoms. The summed E-state index contributed by atoms with van der Waals surface area (Å²) >= 11 is 6.05. The first kappa shape index (κ1) is 7.90. The van der Waals surface area contributed by atoms with Crippen molar-refractivity contribution in [3.8, 4) is 0 Å². The molecule has 3 heteroatoms. The summed E-state index contributed by atoms with van der Waals surface area (Å²) < 4.78 is 0. The van der Waals surface area contributed by atoms with Crippen molar-refractivity contribution in [3.63, 3.8) is 0 Å². The van der Waals surface area contributed by atoms with Gasteiger partial charge in [0.15, 0.2) is 0 Å². The third-order valence-corrected chi connectivity index (χ3v) is 2.61. The van der Waals surface area contributed by atoms with Gasteiger partial charge in [-0.2, -0.15) is 0 Å². The van der Waals surface area contributed by atoms with Gasteiger partial charge in [-0.3, -0.25) is 0 Å². The number of fused-ring (bicyclic) bond motifs is 1. The fourth-order valence-electron chi connectivity index (χ4n) is 1.64. The van der Waals surface area contributed by atoms with Crippen molar-refractivity contribution >= 4 is 17.3 Å². The predicted octanol–water partition coefficient (Wildman–Crippen LogP) is 1.81. The first-order valence-corrected chi connectivity index (χ1v) is 4.43. The summed E-state index contributed by atoms with van der Waals surface area (Å²) in [6, 6.07) is 5.90. The van der Waals surface area contributed by atoms with Gasteiger partial charge in [0.1, 0.15) is 0 Å². The van der Waals surface area contributed by atoms with Gasteiger partial charge < -0.3 is 11.1 Å². The van der Waals surface area contributed by atoms with E-state index in [4.69, 9.17) is 17.3 Å². The van der Waals surface area contributed by atoms with Gasteiger partial charge in [0.25, 0.3) is 0 Å². The zero-order valence-corrected chi connectivity index (χ0v) is 7.43. The van der Waals surface area contributed by atoms with Crippen LogP contribution in [0.1, 0.15) is 11.5 Å². The lowest BCUT2D eigenvalue weighted by molar-refractivity contribution is 0.767. The molecule has 0 aliphatic carbocycles. The van der Waals surface area contributed by atoms with Crippen molar-refractivity contribution in [2.45, 2.75) is 5.92 Å². The number of nitrogens with two attached hydrogens (primary N) is 1. The van der Waals surface area contributed by atoms with Crippen molar-refractivity contribution in [1.29, 1.82) is 0 Å². The lowest BCUT2D eigenvalue weighted by atomic mass is 10.0. The summed E-state index contributed by atoms with van der Waals surface area (Å²) in [7, 11) is 0. The van der Waals surface area contributed by atoms with Gasteiger partial charge in [-0.05, 0) is 17.7 Å². The van der Waals surface area contributed by atoms with Gasteiger partial charge in [-0.25, -0.2) is 0 Å². The van der Waals surface area contributed by atoms with Crippen LogP contribution in [0.25, 0.3) is 0 Å². The fourth-order valence-corrected chi connectivity index (χ4v) is 1.97. The van der Waals surface area contributed by atoms with E-state index in [0.29, 0.717) is 12.5 Å². The second kappa shape index (κ2) is 2.96. The molecule has 0 aromatic heterocycles. The fraction of sp³-hybridized carbons (Fsp3) is 0.333. The minimum atomic E-state index is 0.383. The maximum atomic E-state index is 6.05. The second-order valence-electron chi connectivity index (χ2n) is 3.01. The van der Waals surface area contributed by atoms with Crippen LogP contribution >= 0.6 is 11.6 Å². The summed E-state index contributed by atoms with van der Waals surface area (Å²) in [6.07, 6.45) is 0. The molecular formula is C9H11ClN2. The van der Waals surface area contributed by atoms with Crippen LogP contribution in [0.3, 0.4) is 0 Å². The Morgan fingerprint density at radius 1 is 1.58 bits per heavy atom. The molecule has 1 aliphatic rings.